The van der Waals surface area contributed by atoms with E-state index in [1.807, 2.05) is 42.5 Å². The molecular weight excluding hydrogens is 432 g/mol. The van der Waals surface area contributed by atoms with E-state index in [1.54, 1.807) is 12.3 Å². The molecule has 146 valence electrons. The number of carbonyl (C=O) groups excluding carboxylic acids is 2. The molecule has 4 rings (SSSR count). The third kappa shape index (κ3) is 4.30. The van der Waals surface area contributed by atoms with Crippen LogP contribution in [0.4, 0.5) is 5.69 Å². The number of anilines is 1. The Bertz CT molecular complexity index is 1090. The van der Waals surface area contributed by atoms with Crippen molar-refractivity contribution in [2.75, 3.05) is 17.2 Å². The maximum atomic E-state index is 12.0. The second-order valence-electron chi connectivity index (χ2n) is 6.63. The number of pyridine rings is 1. The highest BCUT2D eigenvalue weighted by atomic mass is 79.9. The molecular formula is C22H19BrN4O2. The molecule has 1 aliphatic rings. The van der Waals surface area contributed by atoms with Crippen molar-refractivity contribution in [3.8, 4) is 22.5 Å². The Kier molecular flexibility index (Phi) is 5.57. The number of alkyl halides is 1. The van der Waals surface area contributed by atoms with Crippen LogP contribution < -0.4 is 10.6 Å². The topological polar surface area (TPSA) is 86.9 Å². The van der Waals surface area contributed by atoms with Gasteiger partial charge in [-0.3, -0.25) is 14.6 Å². The molecule has 6 nitrogen and oxygen atoms in total. The van der Waals surface area contributed by atoms with E-state index in [9.17, 15) is 9.59 Å². The van der Waals surface area contributed by atoms with Crippen molar-refractivity contribution in [2.45, 2.75) is 6.42 Å². The Hall–Kier alpha value is -3.19. The van der Waals surface area contributed by atoms with E-state index in [4.69, 9.17) is 0 Å². The number of H-pyrrole nitrogens is 1. The number of benzene rings is 1. The highest BCUT2D eigenvalue weighted by Crippen LogP contribution is 2.27. The normalized spacial score (nSPS) is 13.2. The summed E-state index contributed by atoms with van der Waals surface area (Å²) >= 11 is 3.24. The molecule has 3 heterocycles. The number of nitrogens with one attached hydrogen (secondary N) is 3. The van der Waals surface area contributed by atoms with E-state index < -0.39 is 0 Å². The smallest absolute Gasteiger partial charge is 0.253 e. The van der Waals surface area contributed by atoms with E-state index in [2.05, 4.69) is 36.5 Å². The largest absolute Gasteiger partial charge is 0.358 e. The molecule has 0 unspecified atom stereocenters. The van der Waals surface area contributed by atoms with Gasteiger partial charge in [0.25, 0.3) is 5.91 Å². The van der Waals surface area contributed by atoms with Gasteiger partial charge in [0.2, 0.25) is 5.91 Å². The van der Waals surface area contributed by atoms with Gasteiger partial charge in [-0.2, -0.15) is 0 Å². The van der Waals surface area contributed by atoms with Gasteiger partial charge in [-0.05, 0) is 30.3 Å². The molecule has 0 saturated carbocycles. The van der Waals surface area contributed by atoms with Crippen LogP contribution >= 0.6 is 15.9 Å². The minimum absolute atomic E-state index is 0.0355. The van der Waals surface area contributed by atoms with Crippen molar-refractivity contribution in [3.63, 3.8) is 0 Å². The van der Waals surface area contributed by atoms with Gasteiger partial charge in [-0.15, -0.1) is 0 Å². The quantitative estimate of drug-likeness (QED) is 0.406. The first-order valence-corrected chi connectivity index (χ1v) is 10.4. The zero-order valence-corrected chi connectivity index (χ0v) is 17.1. The SMILES string of the molecule is O=C(/C=C/CBr)Nc1ccc(-c2cc(-c3cc4c([nH]3)CCNC4=O)ccn2)cc1. The minimum atomic E-state index is -0.169. The number of allylic oxidation sites excluding steroid dienone is 1. The van der Waals surface area contributed by atoms with Gasteiger partial charge in [-0.25, -0.2) is 0 Å². The summed E-state index contributed by atoms with van der Waals surface area (Å²) in [5, 5.41) is 6.31. The van der Waals surface area contributed by atoms with Crippen LogP contribution in [0.3, 0.4) is 0 Å². The van der Waals surface area contributed by atoms with Crippen molar-refractivity contribution in [1.82, 2.24) is 15.3 Å². The molecule has 3 aromatic rings. The molecule has 2 aromatic heterocycles. The number of aromatic amines is 1. The Morgan fingerprint density at radius 1 is 1.17 bits per heavy atom. The maximum Gasteiger partial charge on any atom is 0.253 e. The number of carbonyl (C=O) groups is 2. The zero-order chi connectivity index (χ0) is 20.2. The molecule has 1 aromatic carbocycles. The summed E-state index contributed by atoms with van der Waals surface area (Å²) in [5.41, 5.74) is 6.02. The van der Waals surface area contributed by atoms with Crippen LogP contribution in [-0.2, 0) is 11.2 Å². The lowest BCUT2D eigenvalue weighted by Gasteiger charge is -2.11. The van der Waals surface area contributed by atoms with Gasteiger partial charge in [0.05, 0.1) is 11.3 Å². The summed E-state index contributed by atoms with van der Waals surface area (Å²) in [6.45, 7) is 0.655. The fourth-order valence-electron chi connectivity index (χ4n) is 3.26. The maximum absolute atomic E-state index is 12.0. The average Bonchev–Trinajstić information content (AvgIpc) is 3.19. The molecule has 1 aliphatic heterocycles. The summed E-state index contributed by atoms with van der Waals surface area (Å²) in [5.74, 6) is -0.205. The van der Waals surface area contributed by atoms with Gasteiger partial charge < -0.3 is 15.6 Å². The average molecular weight is 451 g/mol. The van der Waals surface area contributed by atoms with Crippen LogP contribution in [0, 0.1) is 0 Å². The van der Waals surface area contributed by atoms with Crippen LogP contribution in [0.15, 0.2) is 60.8 Å². The van der Waals surface area contributed by atoms with Crippen molar-refractivity contribution in [3.05, 3.63) is 72.1 Å². The lowest BCUT2D eigenvalue weighted by atomic mass is 10.1. The third-order valence-corrected chi connectivity index (χ3v) is 5.06. The van der Waals surface area contributed by atoms with Crippen LogP contribution in [0.25, 0.3) is 22.5 Å². The molecule has 0 bridgehead atoms. The zero-order valence-electron chi connectivity index (χ0n) is 15.5. The molecule has 0 fully saturated rings. The monoisotopic (exact) mass is 450 g/mol. The molecule has 7 heteroatoms. The summed E-state index contributed by atoms with van der Waals surface area (Å²) in [7, 11) is 0. The number of nitrogens with zero attached hydrogens (tertiary/aromatic N) is 1. The van der Waals surface area contributed by atoms with Crippen LogP contribution in [0.2, 0.25) is 0 Å². The number of fused-ring (bicyclic) bond motifs is 1. The van der Waals surface area contributed by atoms with Gasteiger partial charge in [0, 0.05) is 58.8 Å². The first kappa shape index (κ1) is 19.1. The standard InChI is InChI=1S/C22H19BrN4O2/c23-9-1-2-21(28)26-16-5-3-14(4-6-16)19-12-15(7-10-24-19)20-13-17-18(27-20)8-11-25-22(17)29/h1-7,10,12-13,27H,8-9,11H2,(H,25,29)(H,26,28)/b2-1+. The van der Waals surface area contributed by atoms with Crippen LogP contribution in [0.1, 0.15) is 16.1 Å². The van der Waals surface area contributed by atoms with Crippen molar-refractivity contribution < 1.29 is 9.59 Å². The molecule has 0 saturated heterocycles. The van der Waals surface area contributed by atoms with Gasteiger partial charge in [0.15, 0.2) is 0 Å². The molecule has 0 spiro atoms. The van der Waals surface area contributed by atoms with E-state index in [0.717, 1.165) is 40.3 Å². The fourth-order valence-corrected chi connectivity index (χ4v) is 3.45. The Labute approximate surface area is 176 Å². The highest BCUT2D eigenvalue weighted by Gasteiger charge is 2.20. The highest BCUT2D eigenvalue weighted by molar-refractivity contribution is 9.09. The Morgan fingerprint density at radius 2 is 2.00 bits per heavy atom. The van der Waals surface area contributed by atoms with Gasteiger partial charge in [0.1, 0.15) is 0 Å². The molecule has 3 N–H and O–H groups in total. The number of aromatic nitrogens is 2. The van der Waals surface area contributed by atoms with E-state index >= 15 is 0 Å². The van der Waals surface area contributed by atoms with E-state index in [-0.39, 0.29) is 11.8 Å². The third-order valence-electron chi connectivity index (χ3n) is 4.68. The summed E-state index contributed by atoms with van der Waals surface area (Å²) in [4.78, 5) is 31.6. The second-order valence-corrected chi connectivity index (χ2v) is 7.28. The van der Waals surface area contributed by atoms with Crippen molar-refractivity contribution in [2.24, 2.45) is 0 Å². The number of rotatable bonds is 5. The van der Waals surface area contributed by atoms with Crippen LogP contribution in [-0.4, -0.2) is 33.7 Å². The Morgan fingerprint density at radius 3 is 2.76 bits per heavy atom. The van der Waals surface area contributed by atoms with Crippen LogP contribution in [0.5, 0.6) is 0 Å². The fraction of sp³-hybridized carbons (Fsp3) is 0.136. The molecule has 0 aliphatic carbocycles. The van der Waals surface area contributed by atoms with Crippen molar-refractivity contribution >= 4 is 33.4 Å². The molecule has 29 heavy (non-hydrogen) atoms. The Balaban J connectivity index is 1.55. The number of halogens is 1. The first-order valence-electron chi connectivity index (χ1n) is 9.24. The summed E-state index contributed by atoms with van der Waals surface area (Å²) in [6, 6.07) is 13.3. The number of hydrogen-bond donors (Lipinski definition) is 3. The predicted molar refractivity (Wildman–Crippen MR) is 117 cm³/mol. The second kappa shape index (κ2) is 8.45. The molecule has 0 atom stereocenters. The van der Waals surface area contributed by atoms with E-state index in [1.165, 1.54) is 6.08 Å². The van der Waals surface area contributed by atoms with Crippen molar-refractivity contribution in [1.29, 1.82) is 0 Å². The predicted octanol–water partition coefficient (Wildman–Crippen LogP) is 3.92. The lowest BCUT2D eigenvalue weighted by molar-refractivity contribution is -0.111. The first-order chi connectivity index (χ1) is 14.1. The summed E-state index contributed by atoms with van der Waals surface area (Å²) in [6.07, 6.45) is 5.79. The van der Waals surface area contributed by atoms with E-state index in [0.29, 0.717) is 17.4 Å². The van der Waals surface area contributed by atoms with Gasteiger partial charge in [-0.1, -0.05) is 34.1 Å². The number of amides is 2. The van der Waals surface area contributed by atoms with Gasteiger partial charge >= 0.3 is 0 Å². The molecule has 2 amide bonds. The number of hydrogen-bond acceptors (Lipinski definition) is 3. The molecule has 0 radical (unpaired) electrons. The lowest BCUT2D eigenvalue weighted by Crippen LogP contribution is -2.31. The minimum Gasteiger partial charge on any atom is -0.358 e. The summed E-state index contributed by atoms with van der Waals surface area (Å²) < 4.78 is 0.